The lowest BCUT2D eigenvalue weighted by Gasteiger charge is -2.01. The van der Waals surface area contributed by atoms with E-state index in [9.17, 15) is 4.79 Å². The summed E-state index contributed by atoms with van der Waals surface area (Å²) < 4.78 is 2.84. The molecule has 0 fully saturated rings. The molecule has 0 aliphatic carbocycles. The highest BCUT2D eigenvalue weighted by Crippen LogP contribution is 2.24. The Morgan fingerprint density at radius 3 is 2.88 bits per heavy atom. The molecule has 1 amide bonds. The topological polar surface area (TPSA) is 59.8 Å². The van der Waals surface area contributed by atoms with E-state index in [4.69, 9.17) is 0 Å². The maximum Gasteiger partial charge on any atom is 0.248 e. The predicted octanol–water partition coefficient (Wildman–Crippen LogP) is 4.44. The lowest BCUT2D eigenvalue weighted by atomic mass is 10.3. The minimum absolute atomic E-state index is 0.182. The van der Waals surface area contributed by atoms with Gasteiger partial charge in [-0.1, -0.05) is 18.2 Å². The molecule has 26 heavy (non-hydrogen) atoms. The number of thiazole rings is 1. The van der Waals surface area contributed by atoms with Crippen LogP contribution in [0.3, 0.4) is 0 Å². The average molecular weight is 360 g/mol. The van der Waals surface area contributed by atoms with Crippen LogP contribution in [0.2, 0.25) is 0 Å². The van der Waals surface area contributed by atoms with Gasteiger partial charge in [-0.05, 0) is 43.3 Å². The van der Waals surface area contributed by atoms with Crippen molar-refractivity contribution in [1.29, 1.82) is 0 Å². The molecule has 0 bridgehead atoms. The fraction of sp³-hybridized carbons (Fsp3) is 0.0500. The number of fused-ring (bicyclic) bond motifs is 1. The molecule has 0 spiro atoms. The van der Waals surface area contributed by atoms with Crippen molar-refractivity contribution in [2.24, 2.45) is 0 Å². The lowest BCUT2D eigenvalue weighted by molar-refractivity contribution is -0.111. The summed E-state index contributed by atoms with van der Waals surface area (Å²) in [5, 5.41) is 8.20. The van der Waals surface area contributed by atoms with Crippen molar-refractivity contribution in [3.63, 3.8) is 0 Å². The Hall–Kier alpha value is -3.25. The van der Waals surface area contributed by atoms with Gasteiger partial charge < -0.3 is 5.32 Å². The fourth-order valence-corrected chi connectivity index (χ4v) is 3.48. The molecule has 5 nitrogen and oxygen atoms in total. The Bertz CT molecular complexity index is 1100. The van der Waals surface area contributed by atoms with Gasteiger partial charge in [0.2, 0.25) is 5.91 Å². The zero-order chi connectivity index (χ0) is 17.9. The van der Waals surface area contributed by atoms with E-state index in [1.807, 2.05) is 61.7 Å². The van der Waals surface area contributed by atoms with E-state index < -0.39 is 0 Å². The van der Waals surface area contributed by atoms with Crippen LogP contribution in [0.5, 0.6) is 0 Å². The van der Waals surface area contributed by atoms with Crippen LogP contribution >= 0.6 is 11.3 Å². The summed E-state index contributed by atoms with van der Waals surface area (Å²) in [6.45, 7) is 1.97. The average Bonchev–Trinajstić information content (AvgIpc) is 3.26. The Balaban J connectivity index is 1.44. The van der Waals surface area contributed by atoms with Crippen molar-refractivity contribution >= 4 is 39.2 Å². The molecule has 0 saturated carbocycles. The molecule has 0 aliphatic rings. The summed E-state index contributed by atoms with van der Waals surface area (Å²) in [6.07, 6.45) is 6.86. The van der Waals surface area contributed by atoms with Gasteiger partial charge in [-0.25, -0.2) is 9.67 Å². The number of nitrogens with zero attached hydrogens (tertiary/aromatic N) is 3. The van der Waals surface area contributed by atoms with Gasteiger partial charge in [-0.2, -0.15) is 5.10 Å². The molecule has 4 rings (SSSR count). The number of aryl methyl sites for hydroxylation is 1. The van der Waals surface area contributed by atoms with Crippen molar-refractivity contribution in [2.45, 2.75) is 6.92 Å². The first kappa shape index (κ1) is 16.2. The van der Waals surface area contributed by atoms with Crippen LogP contribution in [0.25, 0.3) is 22.0 Å². The van der Waals surface area contributed by atoms with Gasteiger partial charge in [0.25, 0.3) is 0 Å². The van der Waals surface area contributed by atoms with Crippen LogP contribution in [-0.4, -0.2) is 20.7 Å². The first-order valence-electron chi connectivity index (χ1n) is 8.14. The second kappa shape index (κ2) is 6.93. The zero-order valence-electron chi connectivity index (χ0n) is 14.1. The van der Waals surface area contributed by atoms with E-state index in [-0.39, 0.29) is 5.91 Å². The highest BCUT2D eigenvalue weighted by atomic mass is 32.1. The van der Waals surface area contributed by atoms with E-state index in [2.05, 4.69) is 15.4 Å². The number of anilines is 1. The molecule has 128 valence electrons. The van der Waals surface area contributed by atoms with E-state index >= 15 is 0 Å². The smallest absolute Gasteiger partial charge is 0.248 e. The lowest BCUT2D eigenvalue weighted by Crippen LogP contribution is -2.07. The van der Waals surface area contributed by atoms with E-state index in [1.165, 1.54) is 6.08 Å². The summed E-state index contributed by atoms with van der Waals surface area (Å²) in [6, 6.07) is 15.6. The number of para-hydroxylation sites is 1. The highest BCUT2D eigenvalue weighted by molar-refractivity contribution is 7.18. The molecule has 4 aromatic rings. The number of carbonyl (C=O) groups excluding carboxylic acids is 1. The Labute approximate surface area is 154 Å². The highest BCUT2D eigenvalue weighted by Gasteiger charge is 2.04. The fourth-order valence-electron chi connectivity index (χ4n) is 2.62. The molecular weight excluding hydrogens is 344 g/mol. The molecule has 2 heterocycles. The first-order chi connectivity index (χ1) is 12.7. The number of rotatable bonds is 4. The molecular formula is C20H16N4OS. The number of benzene rings is 2. The number of carbonyl (C=O) groups is 1. The van der Waals surface area contributed by atoms with Gasteiger partial charge in [-0.15, -0.1) is 11.3 Å². The zero-order valence-corrected chi connectivity index (χ0v) is 14.9. The third-order valence-corrected chi connectivity index (χ3v) is 4.75. The third kappa shape index (κ3) is 3.55. The molecule has 2 aromatic carbocycles. The van der Waals surface area contributed by atoms with Crippen molar-refractivity contribution < 1.29 is 4.79 Å². The second-order valence-electron chi connectivity index (χ2n) is 5.79. The van der Waals surface area contributed by atoms with Crippen LogP contribution < -0.4 is 5.32 Å². The van der Waals surface area contributed by atoms with Crippen LogP contribution in [0, 0.1) is 6.92 Å². The van der Waals surface area contributed by atoms with Gasteiger partial charge in [0.05, 0.1) is 27.1 Å². The van der Waals surface area contributed by atoms with Gasteiger partial charge >= 0.3 is 0 Å². The number of hydrogen-bond donors (Lipinski definition) is 1. The SMILES string of the molecule is Cc1nc2ccc(NC(=O)C=Cc3cnn(-c4ccccc4)c3)cc2s1. The summed E-state index contributed by atoms with van der Waals surface area (Å²) >= 11 is 1.61. The summed E-state index contributed by atoms with van der Waals surface area (Å²) in [5.41, 5.74) is 3.55. The molecule has 1 N–H and O–H groups in total. The van der Waals surface area contributed by atoms with Crippen LogP contribution in [-0.2, 0) is 4.79 Å². The van der Waals surface area contributed by atoms with Crippen molar-refractivity contribution in [3.8, 4) is 5.69 Å². The van der Waals surface area contributed by atoms with Crippen molar-refractivity contribution in [2.75, 3.05) is 5.32 Å². The van der Waals surface area contributed by atoms with Gasteiger partial charge in [0, 0.05) is 23.5 Å². The quantitative estimate of drug-likeness (QED) is 0.547. The molecule has 0 aliphatic heterocycles. The summed E-state index contributed by atoms with van der Waals surface area (Å²) in [7, 11) is 0. The van der Waals surface area contributed by atoms with Crippen LogP contribution in [0.1, 0.15) is 10.6 Å². The Kier molecular flexibility index (Phi) is 4.33. The van der Waals surface area contributed by atoms with Gasteiger partial charge in [0.1, 0.15) is 0 Å². The predicted molar refractivity (Wildman–Crippen MR) is 106 cm³/mol. The molecule has 0 unspecified atom stereocenters. The molecule has 6 heteroatoms. The molecule has 0 radical (unpaired) electrons. The monoisotopic (exact) mass is 360 g/mol. The first-order valence-corrected chi connectivity index (χ1v) is 8.95. The third-order valence-electron chi connectivity index (χ3n) is 3.81. The van der Waals surface area contributed by atoms with Crippen LogP contribution in [0.15, 0.2) is 67.0 Å². The van der Waals surface area contributed by atoms with E-state index in [0.29, 0.717) is 0 Å². The number of nitrogens with one attached hydrogen (secondary N) is 1. The van der Waals surface area contributed by atoms with Gasteiger partial charge in [-0.3, -0.25) is 4.79 Å². The number of hydrogen-bond acceptors (Lipinski definition) is 4. The van der Waals surface area contributed by atoms with E-state index in [1.54, 1.807) is 28.3 Å². The summed E-state index contributed by atoms with van der Waals surface area (Å²) in [5.74, 6) is -0.182. The standard InChI is InChI=1S/C20H16N4OS/c1-14-22-18-9-8-16(11-19(18)26-14)23-20(25)10-7-15-12-21-24(13-15)17-5-3-2-4-6-17/h2-13H,1H3,(H,23,25). The van der Waals surface area contributed by atoms with Crippen molar-refractivity contribution in [3.05, 3.63) is 77.6 Å². The normalized spacial score (nSPS) is 11.3. The van der Waals surface area contributed by atoms with Crippen LogP contribution in [0.4, 0.5) is 5.69 Å². The number of aromatic nitrogens is 3. The van der Waals surface area contributed by atoms with Crippen molar-refractivity contribution in [1.82, 2.24) is 14.8 Å². The van der Waals surface area contributed by atoms with E-state index in [0.717, 1.165) is 32.2 Å². The minimum atomic E-state index is -0.182. The second-order valence-corrected chi connectivity index (χ2v) is 7.03. The number of amides is 1. The summed E-state index contributed by atoms with van der Waals surface area (Å²) in [4.78, 5) is 16.6. The molecule has 2 aromatic heterocycles. The maximum atomic E-state index is 12.2. The Morgan fingerprint density at radius 1 is 1.19 bits per heavy atom. The maximum absolute atomic E-state index is 12.2. The van der Waals surface area contributed by atoms with Gasteiger partial charge in [0.15, 0.2) is 0 Å². The molecule has 0 saturated heterocycles. The Morgan fingerprint density at radius 2 is 2.04 bits per heavy atom. The largest absolute Gasteiger partial charge is 0.322 e. The minimum Gasteiger partial charge on any atom is -0.322 e. The molecule has 0 atom stereocenters.